The normalized spacial score (nSPS) is 14.1. The van der Waals surface area contributed by atoms with Gasteiger partial charge in [-0.3, -0.25) is 0 Å². The summed E-state index contributed by atoms with van der Waals surface area (Å²) in [6.07, 6.45) is -1.09. The van der Waals surface area contributed by atoms with Gasteiger partial charge in [0.2, 0.25) is 0 Å². The van der Waals surface area contributed by atoms with E-state index in [-0.39, 0.29) is 6.54 Å². The van der Waals surface area contributed by atoms with Gasteiger partial charge >= 0.3 is 6.18 Å². The fourth-order valence-electron chi connectivity index (χ4n) is 5.58. The van der Waals surface area contributed by atoms with Gasteiger partial charge in [0.15, 0.2) is 4.34 Å². The van der Waals surface area contributed by atoms with Crippen LogP contribution in [0.4, 0.5) is 13.2 Å². The van der Waals surface area contributed by atoms with Crippen molar-refractivity contribution < 1.29 is 23.1 Å². The number of halogens is 3. The zero-order valence-corrected chi connectivity index (χ0v) is 23.3. The number of fused-ring (bicyclic) bond motifs is 4. The van der Waals surface area contributed by atoms with E-state index >= 15 is 0 Å². The first-order valence-corrected chi connectivity index (χ1v) is 15.0. The molecule has 3 aromatic carbocycles. The average molecular weight is 573 g/mol. The molecule has 5 rings (SSSR count). The van der Waals surface area contributed by atoms with E-state index in [4.69, 9.17) is 9.72 Å². The van der Waals surface area contributed by atoms with Crippen LogP contribution in [-0.4, -0.2) is 46.9 Å². The molecule has 9 heteroatoms. The minimum atomic E-state index is -4.48. The van der Waals surface area contributed by atoms with Crippen molar-refractivity contribution in [2.24, 2.45) is 0 Å². The predicted octanol–water partition coefficient (Wildman–Crippen LogP) is 8.57. The van der Waals surface area contributed by atoms with Crippen molar-refractivity contribution in [1.29, 1.82) is 0 Å². The lowest BCUT2D eigenvalue weighted by molar-refractivity contribution is -0.212. The van der Waals surface area contributed by atoms with Gasteiger partial charge in [0.05, 0.1) is 16.8 Å². The number of ether oxygens (including phenoxy) is 1. The molecule has 1 aliphatic rings. The Balaban J connectivity index is 1.25. The van der Waals surface area contributed by atoms with Crippen LogP contribution in [0, 0.1) is 0 Å². The highest BCUT2D eigenvalue weighted by molar-refractivity contribution is 8.01. The second-order valence-corrected chi connectivity index (χ2v) is 12.2. The molecular formula is C30H31F3N2O2S2. The van der Waals surface area contributed by atoms with E-state index in [0.29, 0.717) is 18.1 Å². The summed E-state index contributed by atoms with van der Waals surface area (Å²) in [6, 6.07) is 21.8. The molecule has 0 saturated carbocycles. The summed E-state index contributed by atoms with van der Waals surface area (Å²) in [5, 5.41) is 10.9. The number of thioether (sulfide) groups is 1. The minimum absolute atomic E-state index is 0.106. The van der Waals surface area contributed by atoms with Gasteiger partial charge in [-0.15, -0.1) is 11.3 Å². The molecule has 206 valence electrons. The molecule has 0 fully saturated rings. The second kappa shape index (κ2) is 11.9. The summed E-state index contributed by atoms with van der Waals surface area (Å²) in [6.45, 7) is 1.13. The van der Waals surface area contributed by atoms with Gasteiger partial charge in [0, 0.05) is 17.7 Å². The van der Waals surface area contributed by atoms with Gasteiger partial charge in [-0.25, -0.2) is 4.98 Å². The largest absolute Gasteiger partial charge is 0.494 e. The fraction of sp³-hybridized carbons (Fsp3) is 0.367. The molecule has 0 radical (unpaired) electrons. The topological polar surface area (TPSA) is 45.6 Å². The first kappa shape index (κ1) is 28.0. The maximum Gasteiger partial charge on any atom is 0.403 e. The SMILES string of the molecule is CCOc1ccc2nc(SCCCCCC3(CN(O)CC(F)(F)F)c4ccccc4-c4ccccc43)sc2c1. The van der Waals surface area contributed by atoms with Crippen LogP contribution in [-0.2, 0) is 5.41 Å². The third-order valence-corrected chi connectivity index (χ3v) is 9.36. The molecule has 0 amide bonds. The van der Waals surface area contributed by atoms with Crippen LogP contribution in [0.15, 0.2) is 71.1 Å². The zero-order chi connectivity index (χ0) is 27.5. The fourth-order valence-corrected chi connectivity index (χ4v) is 7.74. The number of rotatable bonds is 12. The molecule has 0 aliphatic heterocycles. The van der Waals surface area contributed by atoms with Crippen LogP contribution < -0.4 is 4.74 Å². The van der Waals surface area contributed by atoms with Gasteiger partial charge in [0.1, 0.15) is 12.3 Å². The van der Waals surface area contributed by atoms with Gasteiger partial charge in [0.25, 0.3) is 0 Å². The Morgan fingerprint density at radius 2 is 1.67 bits per heavy atom. The molecule has 1 aliphatic carbocycles. The third kappa shape index (κ3) is 6.27. The van der Waals surface area contributed by atoms with Crippen LogP contribution in [0.3, 0.4) is 0 Å². The summed E-state index contributed by atoms with van der Waals surface area (Å²) in [5.41, 5.74) is 4.31. The lowest BCUT2D eigenvalue weighted by Crippen LogP contribution is -2.43. The zero-order valence-electron chi connectivity index (χ0n) is 21.7. The van der Waals surface area contributed by atoms with Crippen LogP contribution in [0.2, 0.25) is 0 Å². The monoisotopic (exact) mass is 572 g/mol. The lowest BCUT2D eigenvalue weighted by atomic mass is 9.74. The van der Waals surface area contributed by atoms with E-state index in [0.717, 1.165) is 67.6 Å². The van der Waals surface area contributed by atoms with Crippen molar-refractivity contribution in [1.82, 2.24) is 10.0 Å². The summed E-state index contributed by atoms with van der Waals surface area (Å²) < 4.78 is 47.1. The summed E-state index contributed by atoms with van der Waals surface area (Å²) in [5.74, 6) is 1.77. The van der Waals surface area contributed by atoms with Crippen molar-refractivity contribution in [3.8, 4) is 16.9 Å². The Labute approximate surface area is 234 Å². The molecule has 4 aromatic rings. The van der Waals surface area contributed by atoms with Crippen molar-refractivity contribution >= 4 is 33.3 Å². The maximum absolute atomic E-state index is 13.1. The molecule has 1 aromatic heterocycles. The van der Waals surface area contributed by atoms with E-state index in [1.165, 1.54) is 0 Å². The number of hydrogen-bond donors (Lipinski definition) is 1. The van der Waals surface area contributed by atoms with Crippen molar-refractivity contribution in [3.63, 3.8) is 0 Å². The molecule has 4 nitrogen and oxygen atoms in total. The Bertz CT molecular complexity index is 1380. The van der Waals surface area contributed by atoms with E-state index in [9.17, 15) is 18.4 Å². The van der Waals surface area contributed by atoms with Crippen molar-refractivity contribution in [3.05, 3.63) is 77.9 Å². The first-order chi connectivity index (χ1) is 18.8. The quantitative estimate of drug-likeness (QED) is 0.105. The van der Waals surface area contributed by atoms with Gasteiger partial charge < -0.3 is 9.94 Å². The van der Waals surface area contributed by atoms with Crippen LogP contribution in [0.1, 0.15) is 43.7 Å². The predicted molar refractivity (Wildman–Crippen MR) is 152 cm³/mol. The number of nitrogens with zero attached hydrogens (tertiary/aromatic N) is 2. The molecular weight excluding hydrogens is 541 g/mol. The minimum Gasteiger partial charge on any atom is -0.494 e. The highest BCUT2D eigenvalue weighted by Gasteiger charge is 2.45. The Morgan fingerprint density at radius 1 is 0.974 bits per heavy atom. The van der Waals surface area contributed by atoms with Gasteiger partial charge in [-0.05, 0) is 60.2 Å². The molecule has 0 saturated heterocycles. The summed E-state index contributed by atoms with van der Waals surface area (Å²) in [7, 11) is 0. The number of thiazole rings is 1. The van der Waals surface area contributed by atoms with E-state index < -0.39 is 18.1 Å². The number of unbranched alkanes of at least 4 members (excludes halogenated alkanes) is 2. The first-order valence-electron chi connectivity index (χ1n) is 13.2. The Hall–Kier alpha value is -2.59. The highest BCUT2D eigenvalue weighted by atomic mass is 32.2. The van der Waals surface area contributed by atoms with Gasteiger partial charge in [-0.2, -0.15) is 18.2 Å². The lowest BCUT2D eigenvalue weighted by Gasteiger charge is -2.35. The van der Waals surface area contributed by atoms with E-state index in [2.05, 4.69) is 0 Å². The molecule has 1 N–H and O–H groups in total. The van der Waals surface area contributed by atoms with Gasteiger partial charge in [-0.1, -0.05) is 73.1 Å². The number of hydrogen-bond acceptors (Lipinski definition) is 6. The Morgan fingerprint density at radius 3 is 2.33 bits per heavy atom. The smallest absolute Gasteiger partial charge is 0.403 e. The number of benzene rings is 3. The number of aromatic nitrogens is 1. The third-order valence-electron chi connectivity index (χ3n) is 7.11. The van der Waals surface area contributed by atoms with E-state index in [1.54, 1.807) is 23.1 Å². The highest BCUT2D eigenvalue weighted by Crippen LogP contribution is 2.52. The molecule has 39 heavy (non-hydrogen) atoms. The number of alkyl halides is 3. The summed E-state index contributed by atoms with van der Waals surface area (Å²) in [4.78, 5) is 4.72. The van der Waals surface area contributed by atoms with Crippen LogP contribution in [0.25, 0.3) is 21.3 Å². The average Bonchev–Trinajstić information content (AvgIpc) is 3.42. The van der Waals surface area contributed by atoms with Crippen LogP contribution in [0.5, 0.6) is 5.75 Å². The Kier molecular flexibility index (Phi) is 8.52. The second-order valence-electron chi connectivity index (χ2n) is 9.81. The summed E-state index contributed by atoms with van der Waals surface area (Å²) >= 11 is 3.40. The number of hydroxylamine groups is 2. The molecule has 0 unspecified atom stereocenters. The molecule has 0 atom stereocenters. The maximum atomic E-state index is 13.1. The molecule has 1 heterocycles. The van der Waals surface area contributed by atoms with Crippen LogP contribution >= 0.6 is 23.1 Å². The van der Waals surface area contributed by atoms with Crippen molar-refractivity contribution in [2.45, 2.75) is 48.5 Å². The molecule has 0 spiro atoms. The molecule has 0 bridgehead atoms. The van der Waals surface area contributed by atoms with E-state index in [1.807, 2.05) is 73.7 Å². The van der Waals surface area contributed by atoms with Crippen molar-refractivity contribution in [2.75, 3.05) is 25.4 Å². The standard InChI is InChI=1S/C30H31F3N2O2S2/c1-2-37-21-14-15-26-27(18-21)39-28(34-26)38-17-9-3-8-16-29(19-35(36)20-30(31,32)33)24-12-6-4-10-22(24)23-11-5-7-13-25(23)29/h4-7,10-15,18,36H,2-3,8-9,16-17,19-20H2,1H3.